The minimum absolute atomic E-state index is 0. The molecule has 1 unspecified atom stereocenters. The second-order valence-electron chi connectivity index (χ2n) is 7.21. The van der Waals surface area contributed by atoms with Gasteiger partial charge in [0.25, 0.3) is 0 Å². The Morgan fingerprint density at radius 2 is 2.27 bits per heavy atom. The Morgan fingerprint density at radius 1 is 1.46 bits per heavy atom. The third-order valence-corrected chi connectivity index (χ3v) is 6.22. The van der Waals surface area contributed by atoms with Crippen LogP contribution in [0, 0.1) is 19.3 Å². The van der Waals surface area contributed by atoms with Gasteiger partial charge in [-0.15, -0.1) is 35.3 Å². The summed E-state index contributed by atoms with van der Waals surface area (Å²) in [4.78, 5) is 24.7. The molecule has 1 aromatic heterocycles. The molecule has 1 amide bonds. The molecular formula is C18H30IN5OS. The Bertz CT molecular complexity index is 662. The molecule has 1 atom stereocenters. The SMILES string of the molecule is CCNC(=NCCc1sc(C)nc1C)N1CCCC2(CNC(=O)C2)C1.I. The van der Waals surface area contributed by atoms with Crippen LogP contribution in [0.3, 0.4) is 0 Å². The number of carbonyl (C=O) groups excluding carboxylic acids is 1. The molecule has 146 valence electrons. The van der Waals surface area contributed by atoms with E-state index >= 15 is 0 Å². The molecule has 0 aromatic carbocycles. The molecule has 3 heterocycles. The maximum Gasteiger partial charge on any atom is 0.220 e. The first-order valence-corrected chi connectivity index (χ1v) is 10.1. The number of hydrogen-bond acceptors (Lipinski definition) is 4. The fraction of sp³-hybridized carbons (Fsp3) is 0.722. The number of halogens is 1. The highest BCUT2D eigenvalue weighted by Gasteiger charge is 2.42. The van der Waals surface area contributed by atoms with E-state index in [0.717, 1.165) is 68.6 Å². The number of guanidine groups is 1. The monoisotopic (exact) mass is 491 g/mol. The molecule has 0 radical (unpaired) electrons. The third kappa shape index (κ3) is 5.09. The van der Waals surface area contributed by atoms with Gasteiger partial charge in [-0.05, 0) is 33.6 Å². The number of nitrogens with one attached hydrogen (secondary N) is 2. The fourth-order valence-corrected chi connectivity index (χ4v) is 4.85. The Kier molecular flexibility index (Phi) is 7.69. The van der Waals surface area contributed by atoms with Crippen molar-refractivity contribution in [1.82, 2.24) is 20.5 Å². The molecule has 0 aliphatic carbocycles. The minimum atomic E-state index is 0. The molecule has 0 saturated carbocycles. The van der Waals surface area contributed by atoms with Crippen molar-refractivity contribution in [2.45, 2.75) is 46.5 Å². The van der Waals surface area contributed by atoms with E-state index < -0.39 is 0 Å². The molecule has 2 fully saturated rings. The van der Waals surface area contributed by atoms with Gasteiger partial charge in [0.05, 0.1) is 10.7 Å². The average molecular weight is 491 g/mol. The summed E-state index contributed by atoms with van der Waals surface area (Å²) < 4.78 is 0. The van der Waals surface area contributed by atoms with Gasteiger partial charge in [0.2, 0.25) is 5.91 Å². The highest BCUT2D eigenvalue weighted by Crippen LogP contribution is 2.36. The molecule has 6 nitrogen and oxygen atoms in total. The summed E-state index contributed by atoms with van der Waals surface area (Å²) in [6.07, 6.45) is 3.83. The Morgan fingerprint density at radius 3 is 2.88 bits per heavy atom. The Labute approximate surface area is 177 Å². The first-order valence-electron chi connectivity index (χ1n) is 9.24. The van der Waals surface area contributed by atoms with Gasteiger partial charge < -0.3 is 15.5 Å². The van der Waals surface area contributed by atoms with E-state index in [4.69, 9.17) is 4.99 Å². The summed E-state index contributed by atoms with van der Waals surface area (Å²) in [5, 5.41) is 7.57. The van der Waals surface area contributed by atoms with E-state index in [1.807, 2.05) is 0 Å². The van der Waals surface area contributed by atoms with Crippen molar-refractivity contribution in [3.63, 3.8) is 0 Å². The van der Waals surface area contributed by atoms with Crippen LogP contribution in [0.15, 0.2) is 4.99 Å². The number of nitrogens with zero attached hydrogens (tertiary/aromatic N) is 3. The Hall–Kier alpha value is -0.900. The molecule has 8 heteroatoms. The number of likely N-dealkylation sites (tertiary alicyclic amines) is 1. The summed E-state index contributed by atoms with van der Waals surface area (Å²) >= 11 is 1.77. The van der Waals surface area contributed by atoms with E-state index in [1.54, 1.807) is 11.3 Å². The lowest BCUT2D eigenvalue weighted by molar-refractivity contribution is -0.119. The number of aryl methyl sites for hydroxylation is 2. The maximum absolute atomic E-state index is 11.7. The number of thiazole rings is 1. The second-order valence-corrected chi connectivity index (χ2v) is 8.49. The molecule has 0 bridgehead atoms. The van der Waals surface area contributed by atoms with Gasteiger partial charge in [0.15, 0.2) is 5.96 Å². The van der Waals surface area contributed by atoms with Crippen molar-refractivity contribution in [3.05, 3.63) is 15.6 Å². The van der Waals surface area contributed by atoms with Gasteiger partial charge in [-0.1, -0.05) is 0 Å². The maximum atomic E-state index is 11.7. The summed E-state index contributed by atoms with van der Waals surface area (Å²) in [5.74, 6) is 1.18. The van der Waals surface area contributed by atoms with Crippen LogP contribution in [0.2, 0.25) is 0 Å². The number of rotatable bonds is 4. The normalized spacial score (nSPS) is 23.1. The van der Waals surface area contributed by atoms with Crippen LogP contribution >= 0.6 is 35.3 Å². The Balaban J connectivity index is 0.00000243. The first kappa shape index (κ1) is 21.4. The van der Waals surface area contributed by atoms with Crippen molar-refractivity contribution in [2.75, 3.05) is 32.7 Å². The van der Waals surface area contributed by atoms with Gasteiger partial charge >= 0.3 is 0 Å². The molecule has 3 rings (SSSR count). The zero-order valence-corrected chi connectivity index (χ0v) is 19.1. The highest BCUT2D eigenvalue weighted by atomic mass is 127. The van der Waals surface area contributed by atoms with Gasteiger partial charge in [-0.2, -0.15) is 0 Å². The minimum Gasteiger partial charge on any atom is -0.357 e. The number of aliphatic imine (C=N–C) groups is 1. The summed E-state index contributed by atoms with van der Waals surface area (Å²) in [6, 6.07) is 0. The van der Waals surface area contributed by atoms with Gasteiger partial charge in [0.1, 0.15) is 0 Å². The van der Waals surface area contributed by atoms with Crippen molar-refractivity contribution >= 4 is 47.2 Å². The number of aromatic nitrogens is 1. The van der Waals surface area contributed by atoms with Crippen molar-refractivity contribution < 1.29 is 4.79 Å². The zero-order chi connectivity index (χ0) is 17.9. The lowest BCUT2D eigenvalue weighted by Gasteiger charge is -2.40. The molecule has 2 N–H and O–H groups in total. The van der Waals surface area contributed by atoms with Crippen molar-refractivity contribution in [1.29, 1.82) is 0 Å². The van der Waals surface area contributed by atoms with E-state index in [-0.39, 0.29) is 35.3 Å². The quantitative estimate of drug-likeness (QED) is 0.386. The molecule has 2 saturated heterocycles. The molecule has 2 aliphatic rings. The third-order valence-electron chi connectivity index (χ3n) is 5.09. The van der Waals surface area contributed by atoms with Crippen LogP contribution in [-0.4, -0.2) is 54.5 Å². The van der Waals surface area contributed by atoms with Gasteiger partial charge in [-0.25, -0.2) is 4.98 Å². The summed E-state index contributed by atoms with van der Waals surface area (Å²) in [5.41, 5.74) is 1.23. The topological polar surface area (TPSA) is 69.6 Å². The number of piperidine rings is 1. The smallest absolute Gasteiger partial charge is 0.220 e. The van der Waals surface area contributed by atoms with Crippen LogP contribution in [0.4, 0.5) is 0 Å². The highest BCUT2D eigenvalue weighted by molar-refractivity contribution is 14.0. The predicted molar refractivity (Wildman–Crippen MR) is 118 cm³/mol. The lowest BCUT2D eigenvalue weighted by atomic mass is 9.79. The fourth-order valence-electron chi connectivity index (χ4n) is 3.92. The van der Waals surface area contributed by atoms with E-state index in [9.17, 15) is 4.79 Å². The van der Waals surface area contributed by atoms with Crippen LogP contribution in [0.5, 0.6) is 0 Å². The number of hydrogen-bond donors (Lipinski definition) is 2. The van der Waals surface area contributed by atoms with E-state index in [1.165, 1.54) is 4.88 Å². The molecule has 1 spiro atoms. The van der Waals surface area contributed by atoms with Crippen molar-refractivity contribution in [2.24, 2.45) is 10.4 Å². The molecule has 26 heavy (non-hydrogen) atoms. The van der Waals surface area contributed by atoms with Gasteiger partial charge in [0, 0.05) is 55.9 Å². The molecule has 1 aromatic rings. The lowest BCUT2D eigenvalue weighted by Crippen LogP contribution is -2.51. The van der Waals surface area contributed by atoms with Crippen LogP contribution in [0.25, 0.3) is 0 Å². The summed E-state index contributed by atoms with van der Waals surface area (Å²) in [7, 11) is 0. The second kappa shape index (κ2) is 9.34. The number of carbonyl (C=O) groups is 1. The first-order chi connectivity index (χ1) is 12.0. The van der Waals surface area contributed by atoms with E-state index in [2.05, 4.69) is 41.3 Å². The van der Waals surface area contributed by atoms with Crippen LogP contribution < -0.4 is 10.6 Å². The zero-order valence-electron chi connectivity index (χ0n) is 15.9. The number of amides is 1. The molecule has 2 aliphatic heterocycles. The average Bonchev–Trinajstić information content (AvgIpc) is 3.08. The summed E-state index contributed by atoms with van der Waals surface area (Å²) in [6.45, 7) is 10.6. The molecular weight excluding hydrogens is 461 g/mol. The van der Waals surface area contributed by atoms with Crippen molar-refractivity contribution in [3.8, 4) is 0 Å². The van der Waals surface area contributed by atoms with E-state index in [0.29, 0.717) is 6.42 Å². The van der Waals surface area contributed by atoms with Gasteiger partial charge in [-0.3, -0.25) is 9.79 Å². The van der Waals surface area contributed by atoms with Crippen LogP contribution in [-0.2, 0) is 11.2 Å². The van der Waals surface area contributed by atoms with Crippen LogP contribution in [0.1, 0.15) is 41.8 Å². The largest absolute Gasteiger partial charge is 0.357 e. The standard InChI is InChI=1S/C18H29N5OS.HI/c1-4-19-17(20-8-6-15-13(2)22-14(3)25-15)23-9-5-7-18(12-23)10-16(24)21-11-18;/h4-12H2,1-3H3,(H,19,20)(H,21,24);1H. The predicted octanol–water partition coefficient (Wildman–Crippen LogP) is 2.49.